The van der Waals surface area contributed by atoms with Crippen LogP contribution in [0.5, 0.6) is 0 Å². The van der Waals surface area contributed by atoms with Crippen molar-refractivity contribution in [2.45, 2.75) is 76.4 Å². The summed E-state index contributed by atoms with van der Waals surface area (Å²) in [7, 11) is 0. The van der Waals surface area contributed by atoms with Gasteiger partial charge in [-0.1, -0.05) is 39.0 Å². The summed E-state index contributed by atoms with van der Waals surface area (Å²) < 4.78 is 0. The Morgan fingerprint density at radius 2 is 1.76 bits per heavy atom. The van der Waals surface area contributed by atoms with E-state index in [4.69, 9.17) is 0 Å². The van der Waals surface area contributed by atoms with Crippen molar-refractivity contribution >= 4 is 0 Å². The quantitative estimate of drug-likeness (QED) is 0.627. The molecule has 0 saturated heterocycles. The molecule has 1 fully saturated rings. The van der Waals surface area contributed by atoms with Gasteiger partial charge in [0.15, 0.2) is 0 Å². The van der Waals surface area contributed by atoms with Gasteiger partial charge >= 0.3 is 0 Å². The molecule has 0 aromatic heterocycles. The van der Waals surface area contributed by atoms with Gasteiger partial charge in [0.25, 0.3) is 0 Å². The van der Waals surface area contributed by atoms with E-state index in [0.29, 0.717) is 13.1 Å². The molecular formula is C14H29NO2. The summed E-state index contributed by atoms with van der Waals surface area (Å²) in [5, 5.41) is 23.7. The summed E-state index contributed by atoms with van der Waals surface area (Å²) in [6.07, 6.45) is 8.34. The van der Waals surface area contributed by atoms with Crippen LogP contribution in [-0.2, 0) is 0 Å². The van der Waals surface area contributed by atoms with Gasteiger partial charge < -0.3 is 15.5 Å². The molecule has 17 heavy (non-hydrogen) atoms. The van der Waals surface area contributed by atoms with Crippen LogP contribution in [0.3, 0.4) is 0 Å². The summed E-state index contributed by atoms with van der Waals surface area (Å²) in [6, 6.07) is 0. The van der Waals surface area contributed by atoms with E-state index in [1.807, 2.05) is 6.92 Å². The van der Waals surface area contributed by atoms with Crippen LogP contribution < -0.4 is 5.32 Å². The molecule has 1 aliphatic carbocycles. The first kappa shape index (κ1) is 14.9. The Kier molecular flexibility index (Phi) is 5.90. The SMILES string of the molecule is CCCC(C)(O)CNCC1(O)CCCCCC1. The molecular weight excluding hydrogens is 214 g/mol. The fraction of sp³-hybridized carbons (Fsp3) is 1.00. The van der Waals surface area contributed by atoms with Gasteiger partial charge in [-0.25, -0.2) is 0 Å². The van der Waals surface area contributed by atoms with Crippen molar-refractivity contribution in [1.82, 2.24) is 5.32 Å². The van der Waals surface area contributed by atoms with Gasteiger partial charge in [0.2, 0.25) is 0 Å². The monoisotopic (exact) mass is 243 g/mol. The highest BCUT2D eigenvalue weighted by Gasteiger charge is 2.28. The predicted octanol–water partition coefficient (Wildman–Crippen LogP) is 2.21. The molecule has 0 aliphatic heterocycles. The standard InChI is InChI=1S/C14H29NO2/c1-3-8-13(2,16)11-15-12-14(17)9-6-4-5-7-10-14/h15-17H,3-12H2,1-2H3. The van der Waals surface area contributed by atoms with E-state index in [1.54, 1.807) is 0 Å². The molecule has 1 unspecified atom stereocenters. The highest BCUT2D eigenvalue weighted by Crippen LogP contribution is 2.26. The van der Waals surface area contributed by atoms with E-state index < -0.39 is 11.2 Å². The van der Waals surface area contributed by atoms with E-state index >= 15 is 0 Å². The smallest absolute Gasteiger partial charge is 0.0771 e. The summed E-state index contributed by atoms with van der Waals surface area (Å²) in [4.78, 5) is 0. The first-order valence-electron chi connectivity index (χ1n) is 7.13. The molecule has 0 aromatic rings. The number of nitrogens with one attached hydrogen (secondary N) is 1. The highest BCUT2D eigenvalue weighted by atomic mass is 16.3. The predicted molar refractivity (Wildman–Crippen MR) is 71.1 cm³/mol. The van der Waals surface area contributed by atoms with Crippen molar-refractivity contribution in [2.75, 3.05) is 13.1 Å². The lowest BCUT2D eigenvalue weighted by molar-refractivity contribution is 0.0101. The van der Waals surface area contributed by atoms with Crippen molar-refractivity contribution in [3.8, 4) is 0 Å². The van der Waals surface area contributed by atoms with E-state index in [-0.39, 0.29) is 0 Å². The number of hydrogen-bond donors (Lipinski definition) is 3. The molecule has 1 rings (SSSR count). The van der Waals surface area contributed by atoms with Crippen molar-refractivity contribution in [3.63, 3.8) is 0 Å². The second-order valence-electron chi connectivity index (χ2n) is 5.99. The number of rotatable bonds is 6. The van der Waals surface area contributed by atoms with Crippen molar-refractivity contribution in [1.29, 1.82) is 0 Å². The molecule has 1 saturated carbocycles. The van der Waals surface area contributed by atoms with Gasteiger partial charge in [-0.3, -0.25) is 0 Å². The molecule has 102 valence electrons. The molecule has 1 aliphatic rings. The minimum Gasteiger partial charge on any atom is -0.389 e. The third kappa shape index (κ3) is 5.84. The zero-order valence-corrected chi connectivity index (χ0v) is 11.5. The maximum atomic E-state index is 10.4. The molecule has 0 aromatic carbocycles. The fourth-order valence-corrected chi connectivity index (χ4v) is 2.75. The maximum absolute atomic E-state index is 10.4. The maximum Gasteiger partial charge on any atom is 0.0771 e. The summed E-state index contributed by atoms with van der Waals surface area (Å²) in [6.45, 7) is 5.13. The minimum absolute atomic E-state index is 0.543. The molecule has 0 amide bonds. The molecule has 0 heterocycles. The molecule has 0 bridgehead atoms. The highest BCUT2D eigenvalue weighted by molar-refractivity contribution is 4.85. The lowest BCUT2D eigenvalue weighted by atomic mass is 9.93. The Hall–Kier alpha value is -0.120. The van der Waals surface area contributed by atoms with Crippen LogP contribution in [0, 0.1) is 0 Å². The van der Waals surface area contributed by atoms with Crippen LogP contribution in [0.25, 0.3) is 0 Å². The second-order valence-corrected chi connectivity index (χ2v) is 5.99. The molecule has 3 nitrogen and oxygen atoms in total. The lowest BCUT2D eigenvalue weighted by Crippen LogP contribution is -2.46. The zero-order chi connectivity index (χ0) is 12.8. The van der Waals surface area contributed by atoms with Gasteiger partial charge in [0.1, 0.15) is 0 Å². The van der Waals surface area contributed by atoms with Crippen molar-refractivity contribution in [2.24, 2.45) is 0 Å². The molecule has 1 atom stereocenters. The van der Waals surface area contributed by atoms with E-state index in [2.05, 4.69) is 12.2 Å². The zero-order valence-electron chi connectivity index (χ0n) is 11.5. The van der Waals surface area contributed by atoms with Crippen LogP contribution in [0.15, 0.2) is 0 Å². The number of aliphatic hydroxyl groups is 2. The second kappa shape index (κ2) is 6.72. The van der Waals surface area contributed by atoms with E-state index in [1.165, 1.54) is 12.8 Å². The minimum atomic E-state index is -0.643. The summed E-state index contributed by atoms with van der Waals surface area (Å²) in [5.74, 6) is 0. The van der Waals surface area contributed by atoms with Crippen LogP contribution in [0.2, 0.25) is 0 Å². The Labute approximate surface area is 106 Å². The topological polar surface area (TPSA) is 52.5 Å². The number of hydrogen-bond acceptors (Lipinski definition) is 3. The fourth-order valence-electron chi connectivity index (χ4n) is 2.75. The van der Waals surface area contributed by atoms with Crippen molar-refractivity contribution in [3.05, 3.63) is 0 Å². The first-order chi connectivity index (χ1) is 7.97. The Bertz CT molecular complexity index is 208. The largest absolute Gasteiger partial charge is 0.389 e. The van der Waals surface area contributed by atoms with Crippen LogP contribution in [0.4, 0.5) is 0 Å². The van der Waals surface area contributed by atoms with Gasteiger partial charge in [-0.05, 0) is 26.2 Å². The van der Waals surface area contributed by atoms with Gasteiger partial charge in [-0.15, -0.1) is 0 Å². The van der Waals surface area contributed by atoms with Crippen LogP contribution in [-0.4, -0.2) is 34.5 Å². The van der Waals surface area contributed by atoms with Gasteiger partial charge in [0.05, 0.1) is 11.2 Å². The Morgan fingerprint density at radius 3 is 2.29 bits per heavy atom. The molecule has 3 heteroatoms. The third-order valence-corrected chi connectivity index (χ3v) is 3.78. The molecule has 3 N–H and O–H groups in total. The van der Waals surface area contributed by atoms with Crippen LogP contribution >= 0.6 is 0 Å². The normalized spacial score (nSPS) is 24.0. The first-order valence-corrected chi connectivity index (χ1v) is 7.13. The van der Waals surface area contributed by atoms with Gasteiger partial charge in [0, 0.05) is 13.1 Å². The Balaban J connectivity index is 2.28. The summed E-state index contributed by atoms with van der Waals surface area (Å²) >= 11 is 0. The van der Waals surface area contributed by atoms with Gasteiger partial charge in [-0.2, -0.15) is 0 Å². The van der Waals surface area contributed by atoms with Crippen LogP contribution in [0.1, 0.15) is 65.2 Å². The average Bonchev–Trinajstić information content (AvgIpc) is 2.43. The lowest BCUT2D eigenvalue weighted by Gasteiger charge is -2.30. The molecule has 0 radical (unpaired) electrons. The Morgan fingerprint density at radius 1 is 1.18 bits per heavy atom. The summed E-state index contributed by atoms with van der Waals surface area (Å²) in [5.41, 5.74) is -1.19. The third-order valence-electron chi connectivity index (χ3n) is 3.78. The average molecular weight is 243 g/mol. The van der Waals surface area contributed by atoms with Crippen molar-refractivity contribution < 1.29 is 10.2 Å². The van der Waals surface area contributed by atoms with E-state index in [0.717, 1.165) is 38.5 Å². The van der Waals surface area contributed by atoms with E-state index in [9.17, 15) is 10.2 Å². The molecule has 0 spiro atoms.